The Kier molecular flexibility index (Phi) is 8.68. The molecule has 1 rings (SSSR count). The zero-order valence-electron chi connectivity index (χ0n) is 15.1. The van der Waals surface area contributed by atoms with Gasteiger partial charge in [-0.2, -0.15) is 0 Å². The van der Waals surface area contributed by atoms with Crippen molar-refractivity contribution in [1.29, 1.82) is 0 Å². The van der Waals surface area contributed by atoms with Gasteiger partial charge in [0, 0.05) is 13.1 Å². The molecule has 6 nitrogen and oxygen atoms in total. The number of amides is 1. The summed E-state index contributed by atoms with van der Waals surface area (Å²) in [6, 6.07) is 4.17. The molecule has 142 valence electrons. The second-order valence-corrected chi connectivity index (χ2v) is 8.83. The molecule has 0 unspecified atom stereocenters. The molecule has 0 fully saturated rings. The molecule has 0 spiro atoms. The van der Waals surface area contributed by atoms with Gasteiger partial charge in [-0.3, -0.25) is 4.79 Å². The van der Waals surface area contributed by atoms with E-state index in [1.54, 1.807) is 0 Å². The molecule has 0 aromatic heterocycles. The highest BCUT2D eigenvalue weighted by Crippen LogP contribution is 2.27. The molecule has 0 atom stereocenters. The highest BCUT2D eigenvalue weighted by atomic mass is 35.5. The average molecular weight is 391 g/mol. The van der Waals surface area contributed by atoms with Crippen LogP contribution in [0.25, 0.3) is 0 Å². The molecular weight excluding hydrogens is 364 g/mol. The number of hydrogen-bond donors (Lipinski definition) is 2. The van der Waals surface area contributed by atoms with Gasteiger partial charge in [-0.15, -0.1) is 0 Å². The van der Waals surface area contributed by atoms with E-state index in [1.165, 1.54) is 18.2 Å². The number of carbonyl (C=O) groups excluding carboxylic acids is 1. The van der Waals surface area contributed by atoms with Crippen LogP contribution >= 0.6 is 11.6 Å². The van der Waals surface area contributed by atoms with Crippen LogP contribution in [0.15, 0.2) is 23.1 Å². The molecule has 0 saturated heterocycles. The van der Waals surface area contributed by atoms with Gasteiger partial charge < -0.3 is 10.1 Å². The van der Waals surface area contributed by atoms with Gasteiger partial charge in [-0.25, -0.2) is 13.1 Å². The van der Waals surface area contributed by atoms with E-state index in [4.69, 9.17) is 16.3 Å². The third-order valence-corrected chi connectivity index (χ3v) is 5.01. The lowest BCUT2D eigenvalue weighted by Crippen LogP contribution is -2.30. The Bertz CT molecular complexity index is 675. The van der Waals surface area contributed by atoms with E-state index in [9.17, 15) is 13.2 Å². The molecule has 0 saturated carbocycles. The standard InChI is InChI=1S/C17H27ClN2O4S/c1-12(2)7-8-19-17(21)11-24-16-6-5-14(9-15(16)18)25(22,23)20-10-13(3)4/h5-6,9,12-13,20H,7-8,10-11H2,1-4H3,(H,19,21). The number of halogens is 1. The van der Waals surface area contributed by atoms with Crippen molar-refractivity contribution in [2.45, 2.75) is 39.0 Å². The van der Waals surface area contributed by atoms with Crippen molar-refractivity contribution in [3.63, 3.8) is 0 Å². The molecule has 1 aromatic rings. The topological polar surface area (TPSA) is 84.5 Å². The van der Waals surface area contributed by atoms with Gasteiger partial charge in [0.1, 0.15) is 5.75 Å². The monoisotopic (exact) mass is 390 g/mol. The third-order valence-electron chi connectivity index (χ3n) is 3.30. The first-order valence-electron chi connectivity index (χ1n) is 8.30. The van der Waals surface area contributed by atoms with Crippen LogP contribution in [0.1, 0.15) is 34.1 Å². The van der Waals surface area contributed by atoms with Crippen LogP contribution in [0.5, 0.6) is 5.75 Å². The van der Waals surface area contributed by atoms with Crippen LogP contribution in [0, 0.1) is 11.8 Å². The second-order valence-electron chi connectivity index (χ2n) is 6.66. The van der Waals surface area contributed by atoms with Crippen LogP contribution in [0.4, 0.5) is 0 Å². The Morgan fingerprint density at radius 3 is 2.44 bits per heavy atom. The Morgan fingerprint density at radius 2 is 1.88 bits per heavy atom. The van der Waals surface area contributed by atoms with Gasteiger partial charge in [0.05, 0.1) is 9.92 Å². The summed E-state index contributed by atoms with van der Waals surface area (Å²) in [4.78, 5) is 11.8. The van der Waals surface area contributed by atoms with Crippen molar-refractivity contribution in [3.8, 4) is 5.75 Å². The smallest absolute Gasteiger partial charge is 0.257 e. The van der Waals surface area contributed by atoms with Crippen LogP contribution in [-0.4, -0.2) is 34.0 Å². The van der Waals surface area contributed by atoms with Crippen molar-refractivity contribution in [2.24, 2.45) is 11.8 Å². The van der Waals surface area contributed by atoms with Crippen LogP contribution < -0.4 is 14.8 Å². The molecular formula is C17H27ClN2O4S. The molecule has 0 radical (unpaired) electrons. The zero-order valence-corrected chi connectivity index (χ0v) is 16.7. The molecule has 0 aliphatic carbocycles. The fourth-order valence-electron chi connectivity index (χ4n) is 1.82. The SMILES string of the molecule is CC(C)CCNC(=O)COc1ccc(S(=O)(=O)NCC(C)C)cc1Cl. The Labute approximate surface area is 155 Å². The number of nitrogens with one attached hydrogen (secondary N) is 2. The lowest BCUT2D eigenvalue weighted by molar-refractivity contribution is -0.123. The highest BCUT2D eigenvalue weighted by molar-refractivity contribution is 7.89. The number of hydrogen-bond acceptors (Lipinski definition) is 4. The van der Waals surface area contributed by atoms with Gasteiger partial charge in [0.25, 0.3) is 5.91 Å². The van der Waals surface area contributed by atoms with E-state index in [-0.39, 0.29) is 34.1 Å². The van der Waals surface area contributed by atoms with Crippen molar-refractivity contribution in [3.05, 3.63) is 23.2 Å². The van der Waals surface area contributed by atoms with E-state index >= 15 is 0 Å². The molecule has 8 heteroatoms. The largest absolute Gasteiger partial charge is 0.482 e. The van der Waals surface area contributed by atoms with E-state index in [1.807, 2.05) is 13.8 Å². The molecule has 0 aliphatic heterocycles. The number of carbonyl (C=O) groups is 1. The lowest BCUT2D eigenvalue weighted by atomic mass is 10.1. The maximum atomic E-state index is 12.2. The van der Waals surface area contributed by atoms with Crippen molar-refractivity contribution < 1.29 is 17.9 Å². The minimum Gasteiger partial charge on any atom is -0.482 e. The Balaban J connectivity index is 2.62. The number of sulfonamides is 1. The minimum atomic E-state index is -3.62. The lowest BCUT2D eigenvalue weighted by Gasteiger charge is -2.12. The molecule has 1 amide bonds. The first kappa shape index (κ1) is 21.7. The Morgan fingerprint density at radius 1 is 1.20 bits per heavy atom. The van der Waals surface area contributed by atoms with Crippen molar-refractivity contribution in [1.82, 2.24) is 10.0 Å². The van der Waals surface area contributed by atoms with Crippen LogP contribution in [-0.2, 0) is 14.8 Å². The highest BCUT2D eigenvalue weighted by Gasteiger charge is 2.16. The second kappa shape index (κ2) is 9.99. The summed E-state index contributed by atoms with van der Waals surface area (Å²) in [6.45, 7) is 8.75. The summed E-state index contributed by atoms with van der Waals surface area (Å²) < 4.78 is 32.2. The molecule has 25 heavy (non-hydrogen) atoms. The van der Waals surface area contributed by atoms with Crippen LogP contribution in [0.2, 0.25) is 5.02 Å². The number of rotatable bonds is 10. The minimum absolute atomic E-state index is 0.0619. The maximum absolute atomic E-state index is 12.2. The van der Waals surface area contributed by atoms with Gasteiger partial charge in [-0.1, -0.05) is 39.3 Å². The first-order chi connectivity index (χ1) is 11.6. The van der Waals surface area contributed by atoms with E-state index in [2.05, 4.69) is 23.9 Å². The first-order valence-corrected chi connectivity index (χ1v) is 10.2. The fraction of sp³-hybridized carbons (Fsp3) is 0.588. The summed E-state index contributed by atoms with van der Waals surface area (Å²) in [5, 5.41) is 2.89. The average Bonchev–Trinajstić information content (AvgIpc) is 2.51. The van der Waals surface area contributed by atoms with Crippen molar-refractivity contribution in [2.75, 3.05) is 19.7 Å². The van der Waals surface area contributed by atoms with Crippen LogP contribution in [0.3, 0.4) is 0 Å². The van der Waals surface area contributed by atoms with E-state index in [0.29, 0.717) is 19.0 Å². The van der Waals surface area contributed by atoms with E-state index in [0.717, 1.165) is 6.42 Å². The third kappa shape index (κ3) is 8.07. The summed E-state index contributed by atoms with van der Waals surface area (Å²) in [7, 11) is -3.62. The predicted molar refractivity (Wildman–Crippen MR) is 99.4 cm³/mol. The molecule has 0 heterocycles. The van der Waals surface area contributed by atoms with Gasteiger partial charge in [-0.05, 0) is 36.5 Å². The van der Waals surface area contributed by atoms with Gasteiger partial charge in [0.2, 0.25) is 10.0 Å². The van der Waals surface area contributed by atoms with E-state index < -0.39 is 10.0 Å². The van der Waals surface area contributed by atoms with Gasteiger partial charge in [0.15, 0.2) is 6.61 Å². The van der Waals surface area contributed by atoms with Gasteiger partial charge >= 0.3 is 0 Å². The molecule has 0 aliphatic rings. The summed E-state index contributed by atoms with van der Waals surface area (Å²) in [5.74, 6) is 0.729. The summed E-state index contributed by atoms with van der Waals surface area (Å²) in [5.41, 5.74) is 0. The summed E-state index contributed by atoms with van der Waals surface area (Å²) in [6.07, 6.45) is 0.891. The fourth-order valence-corrected chi connectivity index (χ4v) is 3.36. The number of ether oxygens (including phenoxy) is 1. The predicted octanol–water partition coefficient (Wildman–Crippen LogP) is 2.82. The molecule has 1 aromatic carbocycles. The zero-order chi connectivity index (χ0) is 19.0. The quantitative estimate of drug-likeness (QED) is 0.643. The molecule has 0 bridgehead atoms. The number of benzene rings is 1. The maximum Gasteiger partial charge on any atom is 0.257 e. The normalized spacial score (nSPS) is 11.8. The molecule has 2 N–H and O–H groups in total. The Hall–Kier alpha value is -1.31. The van der Waals surface area contributed by atoms with Crippen molar-refractivity contribution >= 4 is 27.5 Å². The summed E-state index contributed by atoms with van der Waals surface area (Å²) >= 11 is 6.08.